The Balaban J connectivity index is 1.65. The zero-order valence-corrected chi connectivity index (χ0v) is 17.8. The molecule has 0 aliphatic heterocycles. The molecule has 0 unspecified atom stereocenters. The van der Waals surface area contributed by atoms with Crippen molar-refractivity contribution in [3.63, 3.8) is 0 Å². The van der Waals surface area contributed by atoms with Gasteiger partial charge in [-0.2, -0.15) is 0 Å². The third-order valence-electron chi connectivity index (χ3n) is 4.90. The summed E-state index contributed by atoms with van der Waals surface area (Å²) in [5.74, 6) is -0.209. The SMILES string of the molecule is CC(=O)N(C)Cc1cccc(NC(=O)CCn2cnc3sc(C)c(C)c3c2=O)c1. The minimum Gasteiger partial charge on any atom is -0.342 e. The van der Waals surface area contributed by atoms with Gasteiger partial charge in [-0.25, -0.2) is 4.98 Å². The quantitative estimate of drug-likeness (QED) is 0.674. The van der Waals surface area contributed by atoms with Crippen molar-refractivity contribution in [1.82, 2.24) is 14.5 Å². The number of benzene rings is 1. The van der Waals surface area contributed by atoms with E-state index in [-0.39, 0.29) is 30.3 Å². The average molecular weight is 413 g/mol. The van der Waals surface area contributed by atoms with Crippen LogP contribution in [0, 0.1) is 13.8 Å². The summed E-state index contributed by atoms with van der Waals surface area (Å²) < 4.78 is 1.49. The lowest BCUT2D eigenvalue weighted by atomic mass is 10.2. The van der Waals surface area contributed by atoms with Crippen LogP contribution < -0.4 is 10.9 Å². The average Bonchev–Trinajstić information content (AvgIpc) is 2.96. The van der Waals surface area contributed by atoms with Gasteiger partial charge in [0.05, 0.1) is 11.7 Å². The normalized spacial score (nSPS) is 10.9. The van der Waals surface area contributed by atoms with Crippen molar-refractivity contribution in [3.05, 3.63) is 57.0 Å². The highest BCUT2D eigenvalue weighted by atomic mass is 32.1. The number of nitrogens with zero attached hydrogens (tertiary/aromatic N) is 3. The van der Waals surface area contributed by atoms with Crippen LogP contribution in [0.5, 0.6) is 0 Å². The summed E-state index contributed by atoms with van der Waals surface area (Å²) in [6, 6.07) is 7.38. The largest absolute Gasteiger partial charge is 0.342 e. The third kappa shape index (κ3) is 4.71. The van der Waals surface area contributed by atoms with Gasteiger partial charge in [0.2, 0.25) is 11.8 Å². The van der Waals surface area contributed by atoms with Crippen LogP contribution in [0.3, 0.4) is 0 Å². The molecular formula is C21H24N4O3S. The molecule has 2 aromatic heterocycles. The molecule has 2 heterocycles. The predicted octanol–water partition coefficient (Wildman–Crippen LogP) is 3.08. The second-order valence-corrected chi connectivity index (χ2v) is 8.28. The molecule has 0 atom stereocenters. The van der Waals surface area contributed by atoms with Gasteiger partial charge in [0, 0.05) is 44.0 Å². The minimum absolute atomic E-state index is 0.0217. The van der Waals surface area contributed by atoms with Crippen LogP contribution >= 0.6 is 11.3 Å². The Kier molecular flexibility index (Phi) is 6.12. The van der Waals surface area contributed by atoms with E-state index in [1.54, 1.807) is 18.0 Å². The number of nitrogens with one attached hydrogen (secondary N) is 1. The fraction of sp³-hybridized carbons (Fsp3) is 0.333. The van der Waals surface area contributed by atoms with Gasteiger partial charge < -0.3 is 10.2 Å². The summed E-state index contributed by atoms with van der Waals surface area (Å²) >= 11 is 1.51. The van der Waals surface area contributed by atoms with E-state index in [0.29, 0.717) is 17.6 Å². The summed E-state index contributed by atoms with van der Waals surface area (Å²) in [4.78, 5) is 44.2. The predicted molar refractivity (Wildman–Crippen MR) is 115 cm³/mol. The van der Waals surface area contributed by atoms with Gasteiger partial charge >= 0.3 is 0 Å². The first-order valence-corrected chi connectivity index (χ1v) is 10.1. The molecule has 0 spiro atoms. The molecule has 0 fully saturated rings. The molecule has 29 heavy (non-hydrogen) atoms. The summed E-state index contributed by atoms with van der Waals surface area (Å²) in [5, 5.41) is 3.49. The maximum absolute atomic E-state index is 12.7. The number of fused-ring (bicyclic) bond motifs is 1. The van der Waals surface area contributed by atoms with E-state index in [1.165, 1.54) is 29.2 Å². The minimum atomic E-state index is -0.188. The molecule has 0 aliphatic rings. The fourth-order valence-electron chi connectivity index (χ4n) is 3.01. The Hall–Kier alpha value is -3.00. The number of aryl methyl sites for hydroxylation is 3. The van der Waals surface area contributed by atoms with E-state index in [0.717, 1.165) is 20.8 Å². The van der Waals surface area contributed by atoms with Crippen LogP contribution in [0.1, 0.15) is 29.3 Å². The first-order chi connectivity index (χ1) is 13.8. The van der Waals surface area contributed by atoms with Crippen molar-refractivity contribution in [1.29, 1.82) is 0 Å². The zero-order valence-electron chi connectivity index (χ0n) is 17.0. The molecule has 3 aromatic rings. The van der Waals surface area contributed by atoms with Gasteiger partial charge in [-0.05, 0) is 37.1 Å². The molecule has 0 bridgehead atoms. The highest BCUT2D eigenvalue weighted by Gasteiger charge is 2.13. The lowest BCUT2D eigenvalue weighted by molar-refractivity contribution is -0.128. The molecular weight excluding hydrogens is 388 g/mol. The number of thiophene rings is 1. The number of anilines is 1. The smallest absolute Gasteiger partial charge is 0.262 e. The Bertz CT molecular complexity index is 1130. The molecule has 1 N–H and O–H groups in total. The number of aromatic nitrogens is 2. The molecule has 0 radical (unpaired) electrons. The van der Waals surface area contributed by atoms with E-state index in [1.807, 2.05) is 32.0 Å². The van der Waals surface area contributed by atoms with Gasteiger partial charge in [-0.15, -0.1) is 11.3 Å². The number of amides is 2. The van der Waals surface area contributed by atoms with Crippen LogP contribution in [0.2, 0.25) is 0 Å². The second kappa shape index (κ2) is 8.57. The third-order valence-corrected chi connectivity index (χ3v) is 6.02. The summed E-state index contributed by atoms with van der Waals surface area (Å²) in [7, 11) is 1.73. The van der Waals surface area contributed by atoms with Crippen LogP contribution in [0.25, 0.3) is 10.2 Å². The second-order valence-electron chi connectivity index (χ2n) is 7.08. The molecule has 1 aromatic carbocycles. The molecule has 0 saturated heterocycles. The Labute approximate surface area is 173 Å². The highest BCUT2D eigenvalue weighted by Crippen LogP contribution is 2.25. The van der Waals surface area contributed by atoms with Crippen molar-refractivity contribution in [2.24, 2.45) is 0 Å². The lowest BCUT2D eigenvalue weighted by Crippen LogP contribution is -2.24. The number of rotatable bonds is 6. The molecule has 8 heteroatoms. The van der Waals surface area contributed by atoms with E-state index in [2.05, 4.69) is 10.3 Å². The number of hydrogen-bond acceptors (Lipinski definition) is 5. The highest BCUT2D eigenvalue weighted by molar-refractivity contribution is 7.18. The summed E-state index contributed by atoms with van der Waals surface area (Å²) in [6.45, 7) is 6.14. The van der Waals surface area contributed by atoms with Crippen LogP contribution in [0.4, 0.5) is 5.69 Å². The molecule has 0 aliphatic carbocycles. The van der Waals surface area contributed by atoms with Crippen LogP contribution in [-0.2, 0) is 22.7 Å². The van der Waals surface area contributed by atoms with Crippen molar-refractivity contribution in [2.75, 3.05) is 12.4 Å². The molecule has 7 nitrogen and oxygen atoms in total. The zero-order chi connectivity index (χ0) is 21.1. The van der Waals surface area contributed by atoms with Gasteiger partial charge in [0.15, 0.2) is 0 Å². The van der Waals surface area contributed by atoms with Gasteiger partial charge in [-0.1, -0.05) is 12.1 Å². The first-order valence-electron chi connectivity index (χ1n) is 9.32. The molecule has 152 valence electrons. The number of carbonyl (C=O) groups excluding carboxylic acids is 2. The monoisotopic (exact) mass is 412 g/mol. The van der Waals surface area contributed by atoms with Crippen molar-refractivity contribution in [2.45, 2.75) is 40.3 Å². The standard InChI is InChI=1S/C21H24N4O3S/c1-13-14(2)29-20-19(13)21(28)25(12-22-20)9-8-18(27)23-17-7-5-6-16(10-17)11-24(4)15(3)26/h5-7,10,12H,8-9,11H2,1-4H3,(H,23,27). The first kappa shape index (κ1) is 20.7. The van der Waals surface area contributed by atoms with Gasteiger partial charge in [0.1, 0.15) is 4.83 Å². The molecule has 2 amide bonds. The molecule has 0 saturated carbocycles. The lowest BCUT2D eigenvalue weighted by Gasteiger charge is -2.15. The Morgan fingerprint density at radius 2 is 2.03 bits per heavy atom. The Morgan fingerprint density at radius 1 is 1.28 bits per heavy atom. The number of hydrogen-bond donors (Lipinski definition) is 1. The van der Waals surface area contributed by atoms with Crippen LogP contribution in [0.15, 0.2) is 35.4 Å². The Morgan fingerprint density at radius 3 is 2.76 bits per heavy atom. The van der Waals surface area contributed by atoms with E-state index >= 15 is 0 Å². The summed E-state index contributed by atoms with van der Waals surface area (Å²) in [6.07, 6.45) is 1.67. The van der Waals surface area contributed by atoms with Crippen molar-refractivity contribution >= 4 is 39.1 Å². The maximum atomic E-state index is 12.7. The van der Waals surface area contributed by atoms with E-state index < -0.39 is 0 Å². The van der Waals surface area contributed by atoms with Crippen molar-refractivity contribution < 1.29 is 9.59 Å². The van der Waals surface area contributed by atoms with Crippen molar-refractivity contribution in [3.8, 4) is 0 Å². The summed E-state index contributed by atoms with van der Waals surface area (Å²) in [5.41, 5.74) is 2.43. The number of carbonyl (C=O) groups is 2. The maximum Gasteiger partial charge on any atom is 0.262 e. The van der Waals surface area contributed by atoms with E-state index in [4.69, 9.17) is 0 Å². The molecule has 3 rings (SSSR count). The van der Waals surface area contributed by atoms with Gasteiger partial charge in [0.25, 0.3) is 5.56 Å². The van der Waals surface area contributed by atoms with Crippen LogP contribution in [-0.4, -0.2) is 33.3 Å². The topological polar surface area (TPSA) is 84.3 Å². The van der Waals surface area contributed by atoms with E-state index in [9.17, 15) is 14.4 Å². The van der Waals surface area contributed by atoms with Gasteiger partial charge in [-0.3, -0.25) is 19.0 Å². The fourth-order valence-corrected chi connectivity index (χ4v) is 3.99.